The van der Waals surface area contributed by atoms with Crippen LogP contribution in [-0.2, 0) is 14.3 Å². The lowest BCUT2D eigenvalue weighted by Gasteiger charge is -2.45. The number of benzene rings is 5. The van der Waals surface area contributed by atoms with E-state index in [1.54, 1.807) is 36.4 Å². The van der Waals surface area contributed by atoms with Gasteiger partial charge in [0.1, 0.15) is 5.75 Å². The molecule has 2 atom stereocenters. The summed E-state index contributed by atoms with van der Waals surface area (Å²) in [6.45, 7) is -0.505. The molecule has 0 radical (unpaired) electrons. The van der Waals surface area contributed by atoms with E-state index in [1.165, 1.54) is 41.3 Å². The van der Waals surface area contributed by atoms with Crippen LogP contribution in [0.1, 0.15) is 65.2 Å². The van der Waals surface area contributed by atoms with Gasteiger partial charge in [0.2, 0.25) is 11.8 Å². The van der Waals surface area contributed by atoms with Gasteiger partial charge in [-0.25, -0.2) is 14.5 Å². The van der Waals surface area contributed by atoms with E-state index in [0.29, 0.717) is 11.3 Å². The second-order valence-electron chi connectivity index (χ2n) is 12.2. The van der Waals surface area contributed by atoms with Gasteiger partial charge in [-0.05, 0) is 95.1 Å². The zero-order valence-electron chi connectivity index (χ0n) is 25.7. The molecule has 5 aromatic carbocycles. The van der Waals surface area contributed by atoms with Crippen molar-refractivity contribution in [3.63, 3.8) is 0 Å². The predicted octanol–water partition coefficient (Wildman–Crippen LogP) is 7.10. The molecule has 3 aliphatic carbocycles. The van der Waals surface area contributed by atoms with Crippen LogP contribution in [0.25, 0.3) is 0 Å². The Morgan fingerprint density at radius 2 is 1.02 bits per heavy atom. The molecule has 0 saturated carbocycles. The van der Waals surface area contributed by atoms with Crippen LogP contribution in [0.4, 0.5) is 5.69 Å². The van der Waals surface area contributed by atoms with Crippen LogP contribution >= 0.6 is 15.9 Å². The summed E-state index contributed by atoms with van der Waals surface area (Å²) in [4.78, 5) is 67.2. The van der Waals surface area contributed by atoms with Gasteiger partial charge in [0.25, 0.3) is 0 Å². The number of carbonyl (C=O) groups is 5. The minimum absolute atomic E-state index is 0.170. The number of ketones is 1. The molecule has 8 nitrogen and oxygen atoms in total. The Hall–Kier alpha value is -5.67. The zero-order valence-corrected chi connectivity index (χ0v) is 27.3. The van der Waals surface area contributed by atoms with E-state index in [0.717, 1.165) is 26.7 Å². The second kappa shape index (κ2) is 12.1. The molecule has 5 aromatic rings. The maximum absolute atomic E-state index is 14.0. The third-order valence-electron chi connectivity index (χ3n) is 9.61. The van der Waals surface area contributed by atoms with Gasteiger partial charge in [-0.2, -0.15) is 0 Å². The van der Waals surface area contributed by atoms with E-state index in [1.807, 2.05) is 24.3 Å². The van der Waals surface area contributed by atoms with Crippen LogP contribution in [0.5, 0.6) is 5.75 Å². The molecule has 0 spiro atoms. The van der Waals surface area contributed by atoms with Crippen LogP contribution in [0.2, 0.25) is 0 Å². The predicted molar refractivity (Wildman–Crippen MR) is 183 cm³/mol. The van der Waals surface area contributed by atoms with Crippen molar-refractivity contribution in [1.82, 2.24) is 0 Å². The summed E-state index contributed by atoms with van der Waals surface area (Å²) in [5.74, 6) is -3.37. The molecule has 0 aromatic heterocycles. The average Bonchev–Trinajstić information content (AvgIpc) is 3.40. The molecule has 1 heterocycles. The number of amides is 2. The molecule has 2 bridgehead atoms. The molecule has 2 unspecified atom stereocenters. The number of rotatable bonds is 7. The molecular weight excluding hydrogens is 686 g/mol. The van der Waals surface area contributed by atoms with E-state index in [2.05, 4.69) is 40.2 Å². The van der Waals surface area contributed by atoms with E-state index in [4.69, 9.17) is 9.47 Å². The third kappa shape index (κ3) is 5.18. The first kappa shape index (κ1) is 30.7. The number of imide groups is 1. The zero-order chi connectivity index (χ0) is 33.8. The molecule has 4 aliphatic rings. The van der Waals surface area contributed by atoms with Gasteiger partial charge in [0.05, 0.1) is 28.7 Å². The van der Waals surface area contributed by atoms with Gasteiger partial charge in [-0.15, -0.1) is 0 Å². The first-order chi connectivity index (χ1) is 23.8. The van der Waals surface area contributed by atoms with Gasteiger partial charge in [-0.3, -0.25) is 14.4 Å². The Labute approximate surface area is 289 Å². The van der Waals surface area contributed by atoms with Crippen molar-refractivity contribution in [1.29, 1.82) is 0 Å². The van der Waals surface area contributed by atoms with Gasteiger partial charge >= 0.3 is 11.9 Å². The Balaban J connectivity index is 0.925. The highest BCUT2D eigenvalue weighted by molar-refractivity contribution is 9.10. The first-order valence-corrected chi connectivity index (χ1v) is 16.5. The number of nitrogens with zero attached hydrogens (tertiary/aromatic N) is 1. The number of hydrogen-bond acceptors (Lipinski definition) is 7. The van der Waals surface area contributed by atoms with Crippen molar-refractivity contribution < 1.29 is 33.4 Å². The Morgan fingerprint density at radius 1 is 0.571 bits per heavy atom. The molecular formula is C40H26BrNO7. The molecule has 2 amide bonds. The van der Waals surface area contributed by atoms with Gasteiger partial charge < -0.3 is 9.47 Å². The maximum atomic E-state index is 14.0. The normalized spacial score (nSPS) is 19.9. The highest BCUT2D eigenvalue weighted by Crippen LogP contribution is 2.61. The summed E-state index contributed by atoms with van der Waals surface area (Å²) in [6, 6.07) is 34.9. The summed E-state index contributed by atoms with van der Waals surface area (Å²) >= 11 is 3.32. The Bertz CT molecular complexity index is 2060. The molecule has 1 saturated heterocycles. The lowest BCUT2D eigenvalue weighted by molar-refractivity contribution is -0.122. The monoisotopic (exact) mass is 711 g/mol. The summed E-state index contributed by atoms with van der Waals surface area (Å²) in [6.07, 6.45) is 0. The molecule has 0 N–H and O–H groups in total. The largest absolute Gasteiger partial charge is 0.454 e. The number of anilines is 1. The topological polar surface area (TPSA) is 107 Å². The van der Waals surface area contributed by atoms with E-state index in [9.17, 15) is 24.0 Å². The number of carbonyl (C=O) groups excluding carboxylic acids is 5. The van der Waals surface area contributed by atoms with Gasteiger partial charge in [0, 0.05) is 21.9 Å². The first-order valence-electron chi connectivity index (χ1n) is 15.7. The van der Waals surface area contributed by atoms with Crippen molar-refractivity contribution in [2.45, 2.75) is 11.8 Å². The second-order valence-corrected chi connectivity index (χ2v) is 13.2. The minimum Gasteiger partial charge on any atom is -0.454 e. The van der Waals surface area contributed by atoms with Gasteiger partial charge in [0.15, 0.2) is 12.4 Å². The average molecular weight is 713 g/mol. The SMILES string of the molecule is O=C(COC(=O)c1ccc(N2C(=O)C3C4c5ccccc5C(c5ccccc54)C3C2=O)cc1)c1ccc(OC(=O)c2ccc(Br)cc2)cc1. The van der Waals surface area contributed by atoms with Crippen molar-refractivity contribution in [2.75, 3.05) is 11.5 Å². The number of hydrogen-bond donors (Lipinski definition) is 0. The Kier molecular flexibility index (Phi) is 7.56. The van der Waals surface area contributed by atoms with Crippen molar-refractivity contribution >= 4 is 51.2 Å². The van der Waals surface area contributed by atoms with Crippen LogP contribution in [0, 0.1) is 11.8 Å². The molecule has 9 heteroatoms. The van der Waals surface area contributed by atoms with Crippen LogP contribution in [0.3, 0.4) is 0 Å². The van der Waals surface area contributed by atoms with Crippen LogP contribution in [-0.4, -0.2) is 36.1 Å². The standard InChI is InChI=1S/C40H26BrNO7/c41-25-15-9-24(10-16-25)40(47)49-27-19-13-22(14-20-27)32(43)21-48-39(46)23-11-17-26(18-12-23)42-37(44)35-33-28-5-1-2-6-29(28)34(36(35)38(42)45)31-8-4-3-7-30(31)33/h1-20,33-36H,21H2. The fraction of sp³-hybridized carbons (Fsp3) is 0.125. The van der Waals surface area contributed by atoms with E-state index in [-0.39, 0.29) is 40.5 Å². The quantitative estimate of drug-likeness (QED) is 0.0767. The molecule has 240 valence electrons. The van der Waals surface area contributed by atoms with Crippen LogP contribution in [0.15, 0.2) is 126 Å². The fourth-order valence-electron chi connectivity index (χ4n) is 7.44. The summed E-state index contributed by atoms with van der Waals surface area (Å²) in [5.41, 5.74) is 5.59. The number of halogens is 1. The van der Waals surface area contributed by atoms with Crippen molar-refractivity contribution in [3.8, 4) is 5.75 Å². The van der Waals surface area contributed by atoms with Crippen molar-refractivity contribution in [2.24, 2.45) is 11.8 Å². The number of Topliss-reactive ketones (excluding diaryl/α,β-unsaturated/α-hetero) is 1. The maximum Gasteiger partial charge on any atom is 0.343 e. The molecule has 9 rings (SSSR count). The van der Waals surface area contributed by atoms with E-state index < -0.39 is 36.2 Å². The van der Waals surface area contributed by atoms with Crippen LogP contribution < -0.4 is 9.64 Å². The smallest absolute Gasteiger partial charge is 0.343 e. The minimum atomic E-state index is -0.725. The van der Waals surface area contributed by atoms with Crippen molar-refractivity contribution in [3.05, 3.63) is 165 Å². The Morgan fingerprint density at radius 3 is 1.53 bits per heavy atom. The fourth-order valence-corrected chi connectivity index (χ4v) is 7.70. The summed E-state index contributed by atoms with van der Waals surface area (Å²) < 4.78 is 11.5. The highest BCUT2D eigenvalue weighted by Gasteiger charge is 2.61. The summed E-state index contributed by atoms with van der Waals surface area (Å²) in [5, 5.41) is 0. The molecule has 1 aliphatic heterocycles. The number of ether oxygens (including phenoxy) is 2. The summed E-state index contributed by atoms with van der Waals surface area (Å²) in [7, 11) is 0. The highest BCUT2D eigenvalue weighted by atomic mass is 79.9. The molecule has 1 fully saturated rings. The molecule has 49 heavy (non-hydrogen) atoms. The van der Waals surface area contributed by atoms with E-state index >= 15 is 0 Å². The third-order valence-corrected chi connectivity index (χ3v) is 10.1. The lowest BCUT2D eigenvalue weighted by Crippen LogP contribution is -2.41. The number of esters is 2. The van der Waals surface area contributed by atoms with Gasteiger partial charge in [-0.1, -0.05) is 64.5 Å². The lowest BCUT2D eigenvalue weighted by atomic mass is 9.55.